The van der Waals surface area contributed by atoms with E-state index in [4.69, 9.17) is 16.2 Å². The molecule has 15 heavy (non-hydrogen) atoms. The average molecular weight is 217 g/mol. The second-order valence-electron chi connectivity index (χ2n) is 2.61. The van der Waals surface area contributed by atoms with E-state index in [1.54, 1.807) is 0 Å². The van der Waals surface area contributed by atoms with E-state index in [1.165, 1.54) is 0 Å². The number of pyridine rings is 1. The van der Waals surface area contributed by atoms with Crippen molar-refractivity contribution in [2.45, 2.75) is 0 Å². The number of ether oxygens (including phenoxy) is 1. The molecule has 0 spiro atoms. The molecule has 5 nitrogen and oxygen atoms in total. The van der Waals surface area contributed by atoms with Crippen LogP contribution in [0.15, 0.2) is 6.07 Å². The Bertz CT molecular complexity index is 384. The van der Waals surface area contributed by atoms with Crippen LogP contribution in [0.5, 0.6) is 5.88 Å². The quantitative estimate of drug-likeness (QED) is 0.756. The second-order valence-corrected chi connectivity index (χ2v) is 2.61. The van der Waals surface area contributed by atoms with Gasteiger partial charge < -0.3 is 16.2 Å². The molecule has 0 fully saturated rings. The molecule has 0 saturated heterocycles. The Kier molecular flexibility index (Phi) is 3.37. The summed E-state index contributed by atoms with van der Waals surface area (Å²) in [5, 5.41) is 0. The topological polar surface area (TPSA) is 91.2 Å². The number of carbonyl (C=O) groups is 1. The number of hydrogen-bond donors (Lipinski definition) is 2. The van der Waals surface area contributed by atoms with Gasteiger partial charge in [0, 0.05) is 0 Å². The molecule has 1 aromatic rings. The fourth-order valence-electron chi connectivity index (χ4n) is 0.907. The molecule has 1 heterocycles. The van der Waals surface area contributed by atoms with Gasteiger partial charge in [-0.2, -0.15) is 4.98 Å². The number of amides is 1. The molecule has 0 aromatic carbocycles. The summed E-state index contributed by atoms with van der Waals surface area (Å²) in [6.07, 6.45) is 0. The lowest BCUT2D eigenvalue weighted by Gasteiger charge is -2.07. The van der Waals surface area contributed by atoms with Gasteiger partial charge in [-0.1, -0.05) is 0 Å². The molecule has 0 aliphatic rings. The Hall–Kier alpha value is -1.92. The fraction of sp³-hybridized carbons (Fsp3) is 0.250. The van der Waals surface area contributed by atoms with Gasteiger partial charge in [-0.05, 0) is 6.07 Å². The van der Waals surface area contributed by atoms with E-state index in [2.05, 4.69) is 4.98 Å². The van der Waals surface area contributed by atoms with Crippen molar-refractivity contribution < 1.29 is 18.3 Å². The normalized spacial score (nSPS) is 10.0. The molecule has 4 N–H and O–H groups in total. The first-order chi connectivity index (χ1) is 7.06. The smallest absolute Gasteiger partial charge is 0.254 e. The van der Waals surface area contributed by atoms with Crippen LogP contribution >= 0.6 is 0 Å². The highest BCUT2D eigenvalue weighted by atomic mass is 19.1. The van der Waals surface area contributed by atoms with Crippen molar-refractivity contribution in [1.82, 2.24) is 4.98 Å². The van der Waals surface area contributed by atoms with Crippen LogP contribution < -0.4 is 16.2 Å². The number of carbonyl (C=O) groups excluding carboxylic acids is 1. The minimum absolute atomic E-state index is 0.265. The van der Waals surface area contributed by atoms with Gasteiger partial charge in [0.25, 0.3) is 5.91 Å². The number of halogens is 2. The van der Waals surface area contributed by atoms with Crippen molar-refractivity contribution in [2.75, 3.05) is 19.0 Å². The van der Waals surface area contributed by atoms with Gasteiger partial charge in [0.05, 0.1) is 0 Å². The molecule has 0 aliphatic carbocycles. The van der Waals surface area contributed by atoms with Gasteiger partial charge in [-0.3, -0.25) is 4.79 Å². The Balaban J connectivity index is 3.10. The molecule has 1 rings (SSSR count). The summed E-state index contributed by atoms with van der Waals surface area (Å²) in [6, 6.07) is 0.804. The van der Waals surface area contributed by atoms with Crippen LogP contribution in [0.2, 0.25) is 0 Å². The van der Waals surface area contributed by atoms with Gasteiger partial charge in [-0.15, -0.1) is 0 Å². The molecule has 82 valence electrons. The lowest BCUT2D eigenvalue weighted by Crippen LogP contribution is -2.16. The Morgan fingerprint density at radius 1 is 1.60 bits per heavy atom. The van der Waals surface area contributed by atoms with Crippen molar-refractivity contribution >= 4 is 11.7 Å². The van der Waals surface area contributed by atoms with Crippen LogP contribution in [0.4, 0.5) is 14.6 Å². The van der Waals surface area contributed by atoms with Crippen LogP contribution in [0.25, 0.3) is 0 Å². The maximum Gasteiger partial charge on any atom is 0.254 e. The summed E-state index contributed by atoms with van der Waals surface area (Å²) in [5.41, 5.74) is 9.83. The lowest BCUT2D eigenvalue weighted by atomic mass is 10.2. The molecule has 0 aliphatic heterocycles. The molecule has 0 radical (unpaired) electrons. The van der Waals surface area contributed by atoms with E-state index in [9.17, 15) is 13.6 Å². The first-order valence-corrected chi connectivity index (χ1v) is 4.01. The number of alkyl halides is 1. The van der Waals surface area contributed by atoms with E-state index >= 15 is 0 Å². The van der Waals surface area contributed by atoms with Gasteiger partial charge in [-0.25, -0.2) is 8.78 Å². The Morgan fingerprint density at radius 3 is 2.80 bits per heavy atom. The zero-order valence-corrected chi connectivity index (χ0v) is 7.67. The van der Waals surface area contributed by atoms with Gasteiger partial charge in [0.1, 0.15) is 18.8 Å². The molecular formula is C8H9F2N3O2. The summed E-state index contributed by atoms with van der Waals surface area (Å²) < 4.78 is 29.5. The maximum atomic E-state index is 12.9. The van der Waals surface area contributed by atoms with Gasteiger partial charge >= 0.3 is 0 Å². The fourth-order valence-corrected chi connectivity index (χ4v) is 0.907. The number of aromatic nitrogens is 1. The Morgan fingerprint density at radius 2 is 2.27 bits per heavy atom. The zero-order chi connectivity index (χ0) is 11.4. The second kappa shape index (κ2) is 4.54. The first kappa shape index (κ1) is 11.2. The molecular weight excluding hydrogens is 208 g/mol. The number of nitrogens with zero attached hydrogens (tertiary/aromatic N) is 1. The standard InChI is InChI=1S/C8H9F2N3O2/c9-1-2-15-8-4(7(12)14)3-5(10)6(11)13-8/h3H,1-2H2,(H2,11,13)(H2,12,14). The first-order valence-electron chi connectivity index (χ1n) is 4.01. The molecule has 1 amide bonds. The van der Waals surface area contributed by atoms with E-state index in [0.29, 0.717) is 0 Å². The van der Waals surface area contributed by atoms with Crippen LogP contribution in [-0.4, -0.2) is 24.2 Å². The SMILES string of the molecule is NC(=O)c1cc(F)c(N)nc1OCCF. The molecule has 0 unspecified atom stereocenters. The third-order valence-electron chi connectivity index (χ3n) is 1.55. The molecule has 1 aromatic heterocycles. The van der Waals surface area contributed by atoms with E-state index in [1.807, 2.05) is 0 Å². The van der Waals surface area contributed by atoms with Crippen LogP contribution in [0.1, 0.15) is 10.4 Å². The molecule has 7 heteroatoms. The third-order valence-corrected chi connectivity index (χ3v) is 1.55. The minimum Gasteiger partial charge on any atom is -0.474 e. The highest BCUT2D eigenvalue weighted by Gasteiger charge is 2.15. The van der Waals surface area contributed by atoms with Crippen molar-refractivity contribution in [2.24, 2.45) is 5.73 Å². The predicted octanol–water partition coefficient (Wildman–Crippen LogP) is 0.250. The summed E-state index contributed by atoms with van der Waals surface area (Å²) in [6.45, 7) is -1.07. The van der Waals surface area contributed by atoms with Crippen molar-refractivity contribution in [3.05, 3.63) is 17.4 Å². The van der Waals surface area contributed by atoms with Gasteiger partial charge in [0.15, 0.2) is 11.6 Å². The molecule has 0 atom stereocenters. The number of nitrogen functional groups attached to an aromatic ring is 1. The summed E-state index contributed by atoms with van der Waals surface area (Å²) in [4.78, 5) is 14.3. The monoisotopic (exact) mass is 217 g/mol. The highest BCUT2D eigenvalue weighted by molar-refractivity contribution is 5.95. The van der Waals surface area contributed by atoms with E-state index < -0.39 is 24.2 Å². The van der Waals surface area contributed by atoms with Crippen LogP contribution in [0.3, 0.4) is 0 Å². The van der Waals surface area contributed by atoms with Crippen molar-refractivity contribution in [3.63, 3.8) is 0 Å². The number of hydrogen-bond acceptors (Lipinski definition) is 4. The van der Waals surface area contributed by atoms with Crippen LogP contribution in [0, 0.1) is 5.82 Å². The number of nitrogens with two attached hydrogens (primary N) is 2. The zero-order valence-electron chi connectivity index (χ0n) is 7.67. The highest BCUT2D eigenvalue weighted by Crippen LogP contribution is 2.19. The van der Waals surface area contributed by atoms with Crippen molar-refractivity contribution in [3.8, 4) is 5.88 Å². The molecule has 0 saturated carbocycles. The van der Waals surface area contributed by atoms with Gasteiger partial charge in [0.2, 0.25) is 5.88 Å². The average Bonchev–Trinajstić information content (AvgIpc) is 2.19. The van der Waals surface area contributed by atoms with Crippen LogP contribution in [-0.2, 0) is 0 Å². The third kappa shape index (κ3) is 2.52. The number of rotatable bonds is 4. The maximum absolute atomic E-state index is 12.9. The van der Waals surface area contributed by atoms with E-state index in [-0.39, 0.29) is 18.1 Å². The Labute approximate surface area is 84.0 Å². The minimum atomic E-state index is -0.921. The largest absolute Gasteiger partial charge is 0.474 e. The summed E-state index contributed by atoms with van der Waals surface area (Å²) in [7, 11) is 0. The number of primary amides is 1. The molecule has 0 bridgehead atoms. The predicted molar refractivity (Wildman–Crippen MR) is 48.6 cm³/mol. The van der Waals surface area contributed by atoms with E-state index in [0.717, 1.165) is 6.07 Å². The lowest BCUT2D eigenvalue weighted by molar-refractivity contribution is 0.0994. The summed E-state index contributed by atoms with van der Waals surface area (Å²) in [5.74, 6) is -2.50. The summed E-state index contributed by atoms with van der Waals surface area (Å²) >= 11 is 0. The number of anilines is 1. The van der Waals surface area contributed by atoms with Crippen molar-refractivity contribution in [1.29, 1.82) is 0 Å².